The first-order valence-corrected chi connectivity index (χ1v) is 7.64. The number of nitrogens with zero attached hydrogens (tertiary/aromatic N) is 1. The molecular formula is C12H18N2O4S. The van der Waals surface area contributed by atoms with Crippen molar-refractivity contribution >= 4 is 15.9 Å². The van der Waals surface area contributed by atoms with Crippen LogP contribution in [0.1, 0.15) is 16.8 Å². The van der Waals surface area contributed by atoms with Crippen LogP contribution in [0.15, 0.2) is 24.3 Å². The maximum absolute atomic E-state index is 11.7. The van der Waals surface area contributed by atoms with Gasteiger partial charge in [-0.15, -0.1) is 0 Å². The summed E-state index contributed by atoms with van der Waals surface area (Å²) in [5.74, 6) is -0.451. The Bertz CT molecular complexity index is 542. The van der Waals surface area contributed by atoms with E-state index in [0.29, 0.717) is 19.5 Å². The van der Waals surface area contributed by atoms with Gasteiger partial charge in [0.15, 0.2) is 0 Å². The molecule has 0 saturated heterocycles. The number of hydrogen-bond acceptors (Lipinski definition) is 4. The molecule has 0 aromatic heterocycles. The standard InChI is InChI=1S/C12H18N2O4S/c1-14(19(2,17)18)9-5-8-13-12(16)10-6-3-4-7-11(10)15/h3-4,6-7,15H,5,8-9H2,1-2H3,(H,13,16). The number of rotatable bonds is 6. The number of para-hydroxylation sites is 1. The summed E-state index contributed by atoms with van der Waals surface area (Å²) in [6.07, 6.45) is 1.64. The van der Waals surface area contributed by atoms with Crippen molar-refractivity contribution in [3.63, 3.8) is 0 Å². The number of benzene rings is 1. The molecule has 0 saturated carbocycles. The summed E-state index contributed by atoms with van der Waals surface area (Å²) in [4.78, 5) is 11.7. The average molecular weight is 286 g/mol. The second kappa shape index (κ2) is 6.53. The average Bonchev–Trinajstić information content (AvgIpc) is 2.33. The van der Waals surface area contributed by atoms with Gasteiger partial charge in [0.1, 0.15) is 5.75 Å². The molecule has 0 bridgehead atoms. The highest BCUT2D eigenvalue weighted by Crippen LogP contribution is 2.14. The van der Waals surface area contributed by atoms with Gasteiger partial charge in [-0.1, -0.05) is 12.1 Å². The number of phenolic OH excluding ortho intramolecular Hbond substituents is 1. The van der Waals surface area contributed by atoms with E-state index < -0.39 is 10.0 Å². The summed E-state index contributed by atoms with van der Waals surface area (Å²) >= 11 is 0. The minimum atomic E-state index is -3.18. The minimum Gasteiger partial charge on any atom is -0.507 e. The van der Waals surface area contributed by atoms with Crippen LogP contribution in [0.5, 0.6) is 5.75 Å². The third-order valence-corrected chi connectivity index (χ3v) is 3.97. The van der Waals surface area contributed by atoms with E-state index in [-0.39, 0.29) is 17.2 Å². The third-order valence-electron chi connectivity index (χ3n) is 2.65. The molecule has 19 heavy (non-hydrogen) atoms. The van der Waals surface area contributed by atoms with Gasteiger partial charge in [-0.25, -0.2) is 12.7 Å². The highest BCUT2D eigenvalue weighted by Gasteiger charge is 2.11. The number of sulfonamides is 1. The monoisotopic (exact) mass is 286 g/mol. The molecular weight excluding hydrogens is 268 g/mol. The summed E-state index contributed by atoms with van der Waals surface area (Å²) in [7, 11) is -1.70. The molecule has 6 nitrogen and oxygen atoms in total. The summed E-state index contributed by atoms with van der Waals surface area (Å²) in [6.45, 7) is 0.674. The van der Waals surface area contributed by atoms with Crippen molar-refractivity contribution in [2.45, 2.75) is 6.42 Å². The van der Waals surface area contributed by atoms with Gasteiger partial charge in [0.05, 0.1) is 11.8 Å². The SMILES string of the molecule is CN(CCCNC(=O)c1ccccc1O)S(C)(=O)=O. The van der Waals surface area contributed by atoms with Crippen LogP contribution in [-0.2, 0) is 10.0 Å². The molecule has 0 heterocycles. The third kappa shape index (κ3) is 4.88. The quantitative estimate of drug-likeness (QED) is 0.741. The zero-order valence-electron chi connectivity index (χ0n) is 11.0. The van der Waals surface area contributed by atoms with Crippen molar-refractivity contribution in [3.05, 3.63) is 29.8 Å². The maximum Gasteiger partial charge on any atom is 0.255 e. The summed E-state index contributed by atoms with van der Waals surface area (Å²) < 4.78 is 23.5. The van der Waals surface area contributed by atoms with E-state index in [2.05, 4.69) is 5.32 Å². The second-order valence-corrected chi connectivity index (χ2v) is 6.30. The van der Waals surface area contributed by atoms with E-state index in [4.69, 9.17) is 0 Å². The van der Waals surface area contributed by atoms with Crippen molar-refractivity contribution in [1.29, 1.82) is 0 Å². The van der Waals surface area contributed by atoms with Gasteiger partial charge in [0.25, 0.3) is 5.91 Å². The predicted molar refractivity (Wildman–Crippen MR) is 72.5 cm³/mol. The zero-order chi connectivity index (χ0) is 14.5. The Morgan fingerprint density at radius 3 is 2.58 bits per heavy atom. The summed E-state index contributed by atoms with van der Waals surface area (Å²) in [5.41, 5.74) is 0.207. The Hall–Kier alpha value is -1.60. The van der Waals surface area contributed by atoms with E-state index in [1.165, 1.54) is 23.5 Å². The highest BCUT2D eigenvalue weighted by molar-refractivity contribution is 7.88. The van der Waals surface area contributed by atoms with Crippen molar-refractivity contribution in [2.24, 2.45) is 0 Å². The lowest BCUT2D eigenvalue weighted by Gasteiger charge is -2.13. The Morgan fingerprint density at radius 2 is 2.00 bits per heavy atom. The van der Waals surface area contributed by atoms with E-state index in [1.807, 2.05) is 0 Å². The molecule has 0 aliphatic carbocycles. The zero-order valence-corrected chi connectivity index (χ0v) is 11.8. The Balaban J connectivity index is 2.39. The fourth-order valence-electron chi connectivity index (χ4n) is 1.43. The van der Waals surface area contributed by atoms with Crippen molar-refractivity contribution in [3.8, 4) is 5.75 Å². The normalized spacial score (nSPS) is 11.5. The second-order valence-electron chi connectivity index (χ2n) is 4.21. The number of hydrogen-bond donors (Lipinski definition) is 2. The molecule has 1 rings (SSSR count). The molecule has 1 aromatic carbocycles. The number of carbonyl (C=O) groups excluding carboxylic acids is 1. The van der Waals surface area contributed by atoms with Crippen LogP contribution in [0.2, 0.25) is 0 Å². The lowest BCUT2D eigenvalue weighted by atomic mass is 10.2. The number of aromatic hydroxyl groups is 1. The van der Waals surface area contributed by atoms with Crippen molar-refractivity contribution in [2.75, 3.05) is 26.4 Å². The molecule has 2 N–H and O–H groups in total. The fraction of sp³-hybridized carbons (Fsp3) is 0.417. The van der Waals surface area contributed by atoms with Crippen LogP contribution < -0.4 is 5.32 Å². The van der Waals surface area contributed by atoms with Gasteiger partial charge in [0.2, 0.25) is 10.0 Å². The van der Waals surface area contributed by atoms with Gasteiger partial charge in [-0.05, 0) is 18.6 Å². The van der Waals surface area contributed by atoms with E-state index in [1.54, 1.807) is 12.1 Å². The molecule has 1 aromatic rings. The first kappa shape index (κ1) is 15.5. The predicted octanol–water partition coefficient (Wildman–Crippen LogP) is 0.403. The topological polar surface area (TPSA) is 86.7 Å². The van der Waals surface area contributed by atoms with E-state index >= 15 is 0 Å². The molecule has 0 atom stereocenters. The molecule has 0 fully saturated rings. The molecule has 0 unspecified atom stereocenters. The van der Waals surface area contributed by atoms with Crippen LogP contribution in [0.3, 0.4) is 0 Å². The molecule has 0 radical (unpaired) electrons. The number of nitrogens with one attached hydrogen (secondary N) is 1. The van der Waals surface area contributed by atoms with Crippen LogP contribution in [0, 0.1) is 0 Å². The molecule has 106 valence electrons. The van der Waals surface area contributed by atoms with Gasteiger partial charge < -0.3 is 10.4 Å². The summed E-state index contributed by atoms with van der Waals surface area (Å²) in [6, 6.07) is 6.25. The largest absolute Gasteiger partial charge is 0.507 e. The summed E-state index contributed by atoms with van der Waals surface area (Å²) in [5, 5.41) is 12.1. The van der Waals surface area contributed by atoms with Crippen LogP contribution in [-0.4, -0.2) is 50.1 Å². The number of phenols is 1. The van der Waals surface area contributed by atoms with Crippen LogP contribution >= 0.6 is 0 Å². The van der Waals surface area contributed by atoms with Gasteiger partial charge in [0, 0.05) is 20.1 Å². The number of carbonyl (C=O) groups is 1. The molecule has 0 aliphatic rings. The van der Waals surface area contributed by atoms with Crippen molar-refractivity contribution < 1.29 is 18.3 Å². The fourth-order valence-corrected chi connectivity index (χ4v) is 1.89. The van der Waals surface area contributed by atoms with Crippen LogP contribution in [0.25, 0.3) is 0 Å². The Kier molecular flexibility index (Phi) is 5.31. The Labute approximate surface area is 113 Å². The van der Waals surface area contributed by atoms with Gasteiger partial charge in [-0.3, -0.25) is 4.79 Å². The maximum atomic E-state index is 11.7. The molecule has 0 aliphatic heterocycles. The van der Waals surface area contributed by atoms with E-state index in [9.17, 15) is 18.3 Å². The molecule has 1 amide bonds. The van der Waals surface area contributed by atoms with E-state index in [0.717, 1.165) is 6.26 Å². The lowest BCUT2D eigenvalue weighted by molar-refractivity contribution is 0.0950. The van der Waals surface area contributed by atoms with Gasteiger partial charge in [-0.2, -0.15) is 0 Å². The molecule has 7 heteroatoms. The van der Waals surface area contributed by atoms with Gasteiger partial charge >= 0.3 is 0 Å². The smallest absolute Gasteiger partial charge is 0.255 e. The number of amides is 1. The van der Waals surface area contributed by atoms with Crippen molar-refractivity contribution in [1.82, 2.24) is 9.62 Å². The molecule has 0 spiro atoms. The van der Waals surface area contributed by atoms with Crippen LogP contribution in [0.4, 0.5) is 0 Å². The highest BCUT2D eigenvalue weighted by atomic mass is 32.2. The minimum absolute atomic E-state index is 0.0757. The lowest BCUT2D eigenvalue weighted by Crippen LogP contribution is -2.30. The Morgan fingerprint density at radius 1 is 1.37 bits per heavy atom. The first-order chi connectivity index (χ1) is 8.82. The first-order valence-electron chi connectivity index (χ1n) is 5.80.